The Morgan fingerprint density at radius 1 is 1.45 bits per heavy atom. The van der Waals surface area contributed by atoms with Crippen LogP contribution in [0.5, 0.6) is 0 Å². The van der Waals surface area contributed by atoms with E-state index in [-0.39, 0.29) is 16.5 Å². The first kappa shape index (κ1) is 14.8. The lowest BCUT2D eigenvalue weighted by Crippen LogP contribution is -2.25. The molecule has 1 heterocycles. The maximum atomic E-state index is 12.1. The number of nitrogens with two attached hydrogens (primary N) is 1. The van der Waals surface area contributed by atoms with Gasteiger partial charge < -0.3 is 10.3 Å². The summed E-state index contributed by atoms with van der Waals surface area (Å²) in [6.07, 6.45) is 1.55. The molecule has 0 atom stereocenters. The molecule has 108 valence electrons. The SMILES string of the molecule is CCn1cnnc1CNS(=O)(=O)c1ccc(N)c(Cl)c1. The first-order valence-electron chi connectivity index (χ1n) is 5.85. The number of halogens is 1. The van der Waals surface area contributed by atoms with E-state index in [1.54, 1.807) is 10.9 Å². The fourth-order valence-electron chi connectivity index (χ4n) is 1.60. The van der Waals surface area contributed by atoms with E-state index in [1.807, 2.05) is 6.92 Å². The van der Waals surface area contributed by atoms with Gasteiger partial charge in [-0.3, -0.25) is 0 Å². The van der Waals surface area contributed by atoms with Crippen molar-refractivity contribution >= 4 is 27.3 Å². The number of sulfonamides is 1. The number of hydrogen-bond acceptors (Lipinski definition) is 5. The number of benzene rings is 1. The van der Waals surface area contributed by atoms with Crippen molar-refractivity contribution in [2.45, 2.75) is 24.9 Å². The van der Waals surface area contributed by atoms with Crippen molar-refractivity contribution < 1.29 is 8.42 Å². The molecule has 0 bridgehead atoms. The Morgan fingerprint density at radius 2 is 2.20 bits per heavy atom. The second-order valence-electron chi connectivity index (χ2n) is 4.04. The number of nitrogen functional groups attached to an aromatic ring is 1. The predicted molar refractivity (Wildman–Crippen MR) is 75.6 cm³/mol. The van der Waals surface area contributed by atoms with E-state index in [9.17, 15) is 8.42 Å². The van der Waals surface area contributed by atoms with Crippen LogP contribution in [0.2, 0.25) is 5.02 Å². The molecule has 0 amide bonds. The Bertz CT molecular complexity index is 713. The van der Waals surface area contributed by atoms with Crippen molar-refractivity contribution in [1.82, 2.24) is 19.5 Å². The average molecular weight is 316 g/mol. The van der Waals surface area contributed by atoms with Crippen LogP contribution in [0.3, 0.4) is 0 Å². The minimum Gasteiger partial charge on any atom is -0.398 e. The van der Waals surface area contributed by atoms with Crippen LogP contribution in [-0.2, 0) is 23.1 Å². The standard InChI is InChI=1S/C11H14ClN5O2S/c1-2-17-7-14-16-11(17)6-15-20(18,19)8-3-4-10(13)9(12)5-8/h3-5,7,15H,2,6,13H2,1H3. The zero-order valence-electron chi connectivity index (χ0n) is 10.7. The van der Waals surface area contributed by atoms with Gasteiger partial charge in [-0.1, -0.05) is 11.6 Å². The van der Waals surface area contributed by atoms with E-state index in [2.05, 4.69) is 14.9 Å². The van der Waals surface area contributed by atoms with E-state index in [4.69, 9.17) is 17.3 Å². The van der Waals surface area contributed by atoms with E-state index in [0.29, 0.717) is 18.1 Å². The Morgan fingerprint density at radius 3 is 2.85 bits per heavy atom. The maximum absolute atomic E-state index is 12.1. The molecule has 1 aromatic carbocycles. The molecule has 0 aliphatic carbocycles. The minimum absolute atomic E-state index is 0.0537. The zero-order chi connectivity index (χ0) is 14.8. The van der Waals surface area contributed by atoms with Gasteiger partial charge in [0.15, 0.2) is 0 Å². The van der Waals surface area contributed by atoms with Crippen LogP contribution in [0, 0.1) is 0 Å². The molecule has 9 heteroatoms. The lowest BCUT2D eigenvalue weighted by atomic mass is 10.3. The summed E-state index contributed by atoms with van der Waals surface area (Å²) in [5.41, 5.74) is 5.88. The topological polar surface area (TPSA) is 103 Å². The van der Waals surface area contributed by atoms with Gasteiger partial charge in [-0.05, 0) is 25.1 Å². The van der Waals surface area contributed by atoms with Crippen LogP contribution in [0.25, 0.3) is 0 Å². The third kappa shape index (κ3) is 3.09. The molecule has 3 N–H and O–H groups in total. The molecular formula is C11H14ClN5O2S. The monoisotopic (exact) mass is 315 g/mol. The van der Waals surface area contributed by atoms with Crippen molar-refractivity contribution in [3.63, 3.8) is 0 Å². The summed E-state index contributed by atoms with van der Waals surface area (Å²) in [7, 11) is -3.67. The molecule has 0 aliphatic heterocycles. The fraction of sp³-hybridized carbons (Fsp3) is 0.273. The molecule has 0 saturated heterocycles. The summed E-state index contributed by atoms with van der Waals surface area (Å²) in [4.78, 5) is 0.0549. The highest BCUT2D eigenvalue weighted by atomic mass is 35.5. The number of aryl methyl sites for hydroxylation is 1. The van der Waals surface area contributed by atoms with Crippen LogP contribution < -0.4 is 10.5 Å². The Labute approximate surface area is 121 Å². The van der Waals surface area contributed by atoms with Crippen LogP contribution >= 0.6 is 11.6 Å². The zero-order valence-corrected chi connectivity index (χ0v) is 12.3. The molecule has 0 unspecified atom stereocenters. The van der Waals surface area contributed by atoms with Crippen molar-refractivity contribution in [1.29, 1.82) is 0 Å². The summed E-state index contributed by atoms with van der Waals surface area (Å²) >= 11 is 5.82. The quantitative estimate of drug-likeness (QED) is 0.802. The molecule has 20 heavy (non-hydrogen) atoms. The Hall–Kier alpha value is -1.64. The second-order valence-corrected chi connectivity index (χ2v) is 6.22. The Kier molecular flexibility index (Phi) is 4.26. The molecule has 0 aliphatic rings. The van der Waals surface area contributed by atoms with Crippen molar-refractivity contribution in [3.8, 4) is 0 Å². The first-order chi connectivity index (χ1) is 9.44. The van der Waals surface area contributed by atoms with Gasteiger partial charge in [0.1, 0.15) is 12.2 Å². The average Bonchev–Trinajstić information content (AvgIpc) is 2.87. The molecule has 2 aromatic rings. The number of hydrogen-bond donors (Lipinski definition) is 2. The van der Waals surface area contributed by atoms with Crippen LogP contribution in [0.15, 0.2) is 29.4 Å². The number of rotatable bonds is 5. The van der Waals surface area contributed by atoms with Crippen LogP contribution in [-0.4, -0.2) is 23.2 Å². The number of nitrogens with zero attached hydrogens (tertiary/aromatic N) is 3. The summed E-state index contributed by atoms with van der Waals surface area (Å²) in [6.45, 7) is 2.64. The lowest BCUT2D eigenvalue weighted by Gasteiger charge is -2.08. The normalized spacial score (nSPS) is 11.7. The van der Waals surface area contributed by atoms with Gasteiger partial charge in [0.2, 0.25) is 10.0 Å². The van der Waals surface area contributed by atoms with Gasteiger partial charge in [-0.15, -0.1) is 10.2 Å². The molecule has 7 nitrogen and oxygen atoms in total. The third-order valence-electron chi connectivity index (χ3n) is 2.74. The van der Waals surface area contributed by atoms with Gasteiger partial charge in [0, 0.05) is 6.54 Å². The van der Waals surface area contributed by atoms with Crippen molar-refractivity contribution in [3.05, 3.63) is 35.4 Å². The summed E-state index contributed by atoms with van der Waals surface area (Å²) in [5, 5.41) is 7.79. The van der Waals surface area contributed by atoms with Gasteiger partial charge in [-0.25, -0.2) is 13.1 Å². The highest BCUT2D eigenvalue weighted by molar-refractivity contribution is 7.89. The first-order valence-corrected chi connectivity index (χ1v) is 7.71. The van der Waals surface area contributed by atoms with E-state index in [1.165, 1.54) is 18.2 Å². The smallest absolute Gasteiger partial charge is 0.241 e. The van der Waals surface area contributed by atoms with Gasteiger partial charge in [0.05, 0.1) is 22.2 Å². The molecule has 0 fully saturated rings. The van der Waals surface area contributed by atoms with Crippen LogP contribution in [0.1, 0.15) is 12.7 Å². The predicted octanol–water partition coefficient (Wildman–Crippen LogP) is 1.01. The maximum Gasteiger partial charge on any atom is 0.241 e. The highest BCUT2D eigenvalue weighted by Crippen LogP contribution is 2.22. The minimum atomic E-state index is -3.67. The van der Waals surface area contributed by atoms with E-state index < -0.39 is 10.0 Å². The van der Waals surface area contributed by atoms with Gasteiger partial charge in [0.25, 0.3) is 0 Å². The molecule has 0 radical (unpaired) electrons. The molecule has 2 rings (SSSR count). The van der Waals surface area contributed by atoms with Crippen LogP contribution in [0.4, 0.5) is 5.69 Å². The number of aromatic nitrogens is 3. The Balaban J connectivity index is 2.17. The van der Waals surface area contributed by atoms with E-state index in [0.717, 1.165) is 0 Å². The van der Waals surface area contributed by atoms with E-state index >= 15 is 0 Å². The number of anilines is 1. The van der Waals surface area contributed by atoms with Crippen molar-refractivity contribution in [2.24, 2.45) is 0 Å². The van der Waals surface area contributed by atoms with Gasteiger partial charge >= 0.3 is 0 Å². The molecule has 0 saturated carbocycles. The molecule has 1 aromatic heterocycles. The molecule has 0 spiro atoms. The highest BCUT2D eigenvalue weighted by Gasteiger charge is 2.16. The fourth-order valence-corrected chi connectivity index (χ4v) is 2.85. The second kappa shape index (κ2) is 5.78. The lowest BCUT2D eigenvalue weighted by molar-refractivity contribution is 0.575. The summed E-state index contributed by atoms with van der Waals surface area (Å²) < 4.78 is 28.4. The third-order valence-corrected chi connectivity index (χ3v) is 4.47. The summed E-state index contributed by atoms with van der Waals surface area (Å²) in [5.74, 6) is 0.539. The summed E-state index contributed by atoms with van der Waals surface area (Å²) in [6, 6.07) is 4.16. The van der Waals surface area contributed by atoms with Gasteiger partial charge in [-0.2, -0.15) is 0 Å². The van der Waals surface area contributed by atoms with Crippen molar-refractivity contribution in [2.75, 3.05) is 5.73 Å². The largest absolute Gasteiger partial charge is 0.398 e. The number of nitrogens with one attached hydrogen (secondary N) is 1. The molecular weight excluding hydrogens is 302 g/mol.